The summed E-state index contributed by atoms with van der Waals surface area (Å²) in [7, 11) is 1.55. The molecule has 0 aliphatic carbocycles. The lowest BCUT2D eigenvalue weighted by Gasteiger charge is -2.33. The minimum Gasteiger partial charge on any atom is -0.497 e. The molecule has 0 spiro atoms. The van der Waals surface area contributed by atoms with Gasteiger partial charge in [0.1, 0.15) is 18.3 Å². The topological polar surface area (TPSA) is 114 Å². The van der Waals surface area contributed by atoms with Gasteiger partial charge in [-0.1, -0.05) is 42.5 Å². The largest absolute Gasteiger partial charge is 0.497 e. The summed E-state index contributed by atoms with van der Waals surface area (Å²) in [6.07, 6.45) is 0. The normalized spacial score (nSPS) is 13.8. The van der Waals surface area contributed by atoms with Crippen LogP contribution in [0, 0.1) is 6.92 Å². The monoisotopic (exact) mass is 591 g/mol. The Hall–Kier alpha value is -5.64. The lowest BCUT2D eigenvalue weighted by molar-refractivity contribution is -0.139. The number of ketones is 1. The maximum absolute atomic E-state index is 14.3. The number of hydrogen-bond donors (Lipinski definition) is 1. The van der Waals surface area contributed by atoms with Crippen molar-refractivity contribution in [3.63, 3.8) is 0 Å². The van der Waals surface area contributed by atoms with Crippen LogP contribution in [-0.2, 0) is 20.9 Å². The van der Waals surface area contributed by atoms with Gasteiger partial charge in [-0.25, -0.2) is 0 Å². The second-order valence-corrected chi connectivity index (χ2v) is 10.4. The zero-order chi connectivity index (χ0) is 30.8. The van der Waals surface area contributed by atoms with E-state index < -0.39 is 36.1 Å². The second-order valence-electron chi connectivity index (χ2n) is 10.4. The Labute approximate surface area is 253 Å². The van der Waals surface area contributed by atoms with Crippen LogP contribution in [0.25, 0.3) is 0 Å². The fourth-order valence-corrected chi connectivity index (χ4v) is 5.37. The Morgan fingerprint density at radius 2 is 1.66 bits per heavy atom. The molecule has 3 amide bonds. The highest BCUT2D eigenvalue weighted by Gasteiger charge is 2.40. The molecule has 1 atom stereocenters. The van der Waals surface area contributed by atoms with E-state index in [0.717, 1.165) is 11.1 Å². The van der Waals surface area contributed by atoms with Crippen LogP contribution in [0.1, 0.15) is 33.1 Å². The number of ether oxygens (including phenoxy) is 3. The fourth-order valence-electron chi connectivity index (χ4n) is 5.37. The smallest absolute Gasteiger partial charge is 0.299 e. The van der Waals surface area contributed by atoms with Gasteiger partial charge in [0.15, 0.2) is 11.5 Å². The lowest BCUT2D eigenvalue weighted by Crippen LogP contribution is -2.46. The summed E-state index contributed by atoms with van der Waals surface area (Å²) in [6, 6.07) is 24.9. The van der Waals surface area contributed by atoms with E-state index in [2.05, 4.69) is 5.32 Å². The van der Waals surface area contributed by atoms with E-state index in [-0.39, 0.29) is 18.9 Å². The summed E-state index contributed by atoms with van der Waals surface area (Å²) in [6.45, 7) is 1.57. The molecule has 0 radical (unpaired) electrons. The maximum Gasteiger partial charge on any atom is 0.299 e. The van der Waals surface area contributed by atoms with E-state index in [4.69, 9.17) is 14.2 Å². The molecule has 2 heterocycles. The number of methoxy groups -OCH3 is 1. The van der Waals surface area contributed by atoms with E-state index in [9.17, 15) is 19.2 Å². The average molecular weight is 592 g/mol. The quantitative estimate of drug-likeness (QED) is 0.282. The number of Topliss-reactive ketones (excluding diaryl/α,β-unsaturated/α-hetero) is 1. The van der Waals surface area contributed by atoms with Gasteiger partial charge < -0.3 is 24.4 Å². The second kappa shape index (κ2) is 11.9. The molecule has 4 aromatic rings. The van der Waals surface area contributed by atoms with Gasteiger partial charge in [-0.3, -0.25) is 24.1 Å². The molecule has 0 aromatic heterocycles. The highest BCUT2D eigenvalue weighted by atomic mass is 16.7. The molecule has 6 rings (SSSR count). The van der Waals surface area contributed by atoms with Crippen molar-refractivity contribution in [3.8, 4) is 17.2 Å². The van der Waals surface area contributed by atoms with Gasteiger partial charge in [0.25, 0.3) is 17.6 Å². The number of rotatable bonds is 9. The van der Waals surface area contributed by atoms with Crippen LogP contribution in [0.5, 0.6) is 17.2 Å². The van der Waals surface area contributed by atoms with Crippen molar-refractivity contribution < 1.29 is 33.4 Å². The van der Waals surface area contributed by atoms with E-state index in [1.807, 2.05) is 31.2 Å². The molecule has 4 aromatic carbocycles. The molecule has 10 heteroatoms. The van der Waals surface area contributed by atoms with Crippen LogP contribution in [0.3, 0.4) is 0 Å². The van der Waals surface area contributed by atoms with Crippen LogP contribution in [0.2, 0.25) is 0 Å². The van der Waals surface area contributed by atoms with Crippen molar-refractivity contribution in [1.29, 1.82) is 0 Å². The van der Waals surface area contributed by atoms with Gasteiger partial charge in [0, 0.05) is 12.2 Å². The summed E-state index contributed by atoms with van der Waals surface area (Å²) in [5.74, 6) is -0.892. The Morgan fingerprint density at radius 1 is 0.932 bits per heavy atom. The predicted molar refractivity (Wildman–Crippen MR) is 162 cm³/mol. The first-order valence-corrected chi connectivity index (χ1v) is 14.0. The molecule has 0 saturated heterocycles. The van der Waals surface area contributed by atoms with Gasteiger partial charge in [-0.05, 0) is 72.1 Å². The Morgan fingerprint density at radius 3 is 2.43 bits per heavy atom. The van der Waals surface area contributed by atoms with E-state index in [1.165, 1.54) is 9.80 Å². The van der Waals surface area contributed by atoms with Gasteiger partial charge in [0.05, 0.1) is 18.4 Å². The minimum atomic E-state index is -1.15. The van der Waals surface area contributed by atoms with Crippen LogP contribution >= 0.6 is 0 Å². The third-order valence-electron chi connectivity index (χ3n) is 7.72. The summed E-state index contributed by atoms with van der Waals surface area (Å²) in [4.78, 5) is 56.8. The van der Waals surface area contributed by atoms with Crippen molar-refractivity contribution in [2.75, 3.05) is 30.7 Å². The number of nitrogens with one attached hydrogen (secondary N) is 1. The third-order valence-corrected chi connectivity index (χ3v) is 7.72. The van der Waals surface area contributed by atoms with Crippen LogP contribution < -0.4 is 24.4 Å². The molecule has 222 valence electrons. The van der Waals surface area contributed by atoms with Crippen LogP contribution in [0.15, 0.2) is 91.0 Å². The molecule has 0 unspecified atom stereocenters. The van der Waals surface area contributed by atoms with Gasteiger partial charge in [-0.2, -0.15) is 0 Å². The molecule has 2 aliphatic rings. The molecular weight excluding hydrogens is 562 g/mol. The third kappa shape index (κ3) is 5.45. The first-order valence-electron chi connectivity index (χ1n) is 14.0. The number of hydrogen-bond acceptors (Lipinski definition) is 7. The number of carbonyl (C=O) groups is 4. The Balaban J connectivity index is 1.41. The minimum absolute atomic E-state index is 0.0395. The molecule has 0 bridgehead atoms. The molecule has 0 fully saturated rings. The van der Waals surface area contributed by atoms with Crippen molar-refractivity contribution in [2.24, 2.45) is 0 Å². The molecule has 1 N–H and O–H groups in total. The Kier molecular flexibility index (Phi) is 7.72. The number of amides is 3. The average Bonchev–Trinajstić information content (AvgIpc) is 3.60. The van der Waals surface area contributed by atoms with Crippen LogP contribution in [-0.4, -0.2) is 48.9 Å². The molecule has 10 nitrogen and oxygen atoms in total. The summed E-state index contributed by atoms with van der Waals surface area (Å²) >= 11 is 0. The highest BCUT2D eigenvalue weighted by molar-refractivity contribution is 6.52. The number of aryl methyl sites for hydroxylation is 1. The van der Waals surface area contributed by atoms with E-state index in [1.54, 1.807) is 73.8 Å². The fraction of sp³-hybridized carbons (Fsp3) is 0.176. The molecular formula is C34H29N3O7. The van der Waals surface area contributed by atoms with E-state index >= 15 is 0 Å². The Bertz CT molecular complexity index is 1770. The van der Waals surface area contributed by atoms with Crippen molar-refractivity contribution in [3.05, 3.63) is 113 Å². The summed E-state index contributed by atoms with van der Waals surface area (Å²) in [5.41, 5.74) is 3.30. The SMILES string of the molecule is COc1ccc(NC(=O)[C@H](c2ccc3c(c2)OCO3)N(Cc2ccccc2C)C(=O)CN2C(=O)C(=O)c3ccccc32)cc1. The number of nitrogens with zero attached hydrogens (tertiary/aromatic N) is 2. The van der Waals surface area contributed by atoms with Gasteiger partial charge in [-0.15, -0.1) is 0 Å². The number of anilines is 2. The van der Waals surface area contributed by atoms with Gasteiger partial charge >= 0.3 is 0 Å². The number of para-hydroxylation sites is 1. The summed E-state index contributed by atoms with van der Waals surface area (Å²) < 4.78 is 16.3. The first-order chi connectivity index (χ1) is 21.3. The maximum atomic E-state index is 14.3. The summed E-state index contributed by atoms with van der Waals surface area (Å²) in [5, 5.41) is 2.93. The van der Waals surface area contributed by atoms with Gasteiger partial charge in [0.2, 0.25) is 12.7 Å². The molecule has 2 aliphatic heterocycles. The number of benzene rings is 4. The molecule has 44 heavy (non-hydrogen) atoms. The number of fused-ring (bicyclic) bond motifs is 2. The first kappa shape index (κ1) is 28.5. The zero-order valence-corrected chi connectivity index (χ0v) is 24.1. The number of carbonyl (C=O) groups excluding carboxylic acids is 4. The predicted octanol–water partition coefficient (Wildman–Crippen LogP) is 4.67. The van der Waals surface area contributed by atoms with Crippen molar-refractivity contribution >= 4 is 34.9 Å². The van der Waals surface area contributed by atoms with Crippen molar-refractivity contribution in [1.82, 2.24) is 4.90 Å². The zero-order valence-electron chi connectivity index (χ0n) is 24.1. The molecule has 0 saturated carbocycles. The van der Waals surface area contributed by atoms with Crippen molar-refractivity contribution in [2.45, 2.75) is 19.5 Å². The van der Waals surface area contributed by atoms with Crippen LogP contribution in [0.4, 0.5) is 11.4 Å². The highest BCUT2D eigenvalue weighted by Crippen LogP contribution is 2.37. The van der Waals surface area contributed by atoms with E-state index in [0.29, 0.717) is 34.2 Å². The standard InChI is InChI=1S/C34H29N3O7/c1-21-7-3-4-8-23(21)18-37(30(38)19-36-27-10-6-5-9-26(27)32(39)34(36)41)31(22-11-16-28-29(17-22)44-20-43-28)33(40)35-24-12-14-25(42-2)15-13-24/h3-17,31H,18-20H2,1-2H3,(H,35,40)/t31-/m0/s1. The lowest BCUT2D eigenvalue weighted by atomic mass is 10.0.